The first-order valence-electron chi connectivity index (χ1n) is 14.1. The standard InChI is InChI=1S/C32H38F2N2O5/c1-23(37)36-15-12-25-6-9-27(34)21-31(25)40-18-19-41-32-22-35-14-13-30(32)24-7-10-28(11-8-24)38-16-3-17-39-29-5-2-4-26(33)20-29/h2,4-11,20-21,30,32,35H,3,12-19,22H2,1H3,(H,36,37)/t30-,32+/m1/s1. The van der Waals surface area contributed by atoms with Gasteiger partial charge in [-0.15, -0.1) is 0 Å². The molecule has 0 unspecified atom stereocenters. The molecule has 0 bridgehead atoms. The quantitative estimate of drug-likeness (QED) is 0.251. The molecule has 7 nitrogen and oxygen atoms in total. The maximum atomic E-state index is 13.8. The first-order valence-corrected chi connectivity index (χ1v) is 14.1. The molecule has 220 valence electrons. The van der Waals surface area contributed by atoms with Crippen LogP contribution in [0.1, 0.15) is 36.8 Å². The second-order valence-corrected chi connectivity index (χ2v) is 9.92. The third kappa shape index (κ3) is 10.0. The number of rotatable bonds is 15. The van der Waals surface area contributed by atoms with Crippen molar-refractivity contribution in [3.63, 3.8) is 0 Å². The van der Waals surface area contributed by atoms with Crippen molar-refractivity contribution in [2.24, 2.45) is 0 Å². The first-order chi connectivity index (χ1) is 20.0. The lowest BCUT2D eigenvalue weighted by Gasteiger charge is -2.32. The molecule has 1 aliphatic heterocycles. The van der Waals surface area contributed by atoms with E-state index in [1.54, 1.807) is 18.2 Å². The number of carbonyl (C=O) groups excluding carboxylic acids is 1. The number of halogens is 2. The van der Waals surface area contributed by atoms with Gasteiger partial charge in [0, 0.05) is 44.5 Å². The minimum Gasteiger partial charge on any atom is -0.493 e. The van der Waals surface area contributed by atoms with Crippen LogP contribution in [0, 0.1) is 11.6 Å². The predicted octanol–water partition coefficient (Wildman–Crippen LogP) is 5.03. The van der Waals surface area contributed by atoms with Gasteiger partial charge in [-0.1, -0.05) is 24.3 Å². The van der Waals surface area contributed by atoms with Gasteiger partial charge in [0.05, 0.1) is 25.9 Å². The summed E-state index contributed by atoms with van der Waals surface area (Å²) in [4.78, 5) is 11.1. The average Bonchev–Trinajstić information content (AvgIpc) is 2.97. The van der Waals surface area contributed by atoms with E-state index in [2.05, 4.69) is 22.8 Å². The molecule has 1 amide bonds. The topological polar surface area (TPSA) is 78.1 Å². The summed E-state index contributed by atoms with van der Waals surface area (Å²) in [5, 5.41) is 6.15. The summed E-state index contributed by atoms with van der Waals surface area (Å²) in [7, 11) is 0. The minimum absolute atomic E-state index is 0.0224. The predicted molar refractivity (Wildman–Crippen MR) is 153 cm³/mol. The molecule has 2 N–H and O–H groups in total. The lowest BCUT2D eigenvalue weighted by Crippen LogP contribution is -2.41. The van der Waals surface area contributed by atoms with Crippen LogP contribution in [-0.2, 0) is 16.0 Å². The first kappa shape index (κ1) is 30.3. The number of ether oxygens (including phenoxy) is 4. The Labute approximate surface area is 240 Å². The molecular weight excluding hydrogens is 530 g/mol. The van der Waals surface area contributed by atoms with E-state index in [0.29, 0.717) is 50.7 Å². The zero-order valence-electron chi connectivity index (χ0n) is 23.4. The van der Waals surface area contributed by atoms with Crippen molar-refractivity contribution in [3.8, 4) is 17.2 Å². The number of hydrogen-bond acceptors (Lipinski definition) is 6. The zero-order valence-corrected chi connectivity index (χ0v) is 23.4. The normalized spacial score (nSPS) is 16.7. The van der Waals surface area contributed by atoms with E-state index in [4.69, 9.17) is 18.9 Å². The van der Waals surface area contributed by atoms with Crippen molar-refractivity contribution >= 4 is 5.91 Å². The highest BCUT2D eigenvalue weighted by molar-refractivity contribution is 5.72. The van der Waals surface area contributed by atoms with Gasteiger partial charge in [-0.3, -0.25) is 4.79 Å². The van der Waals surface area contributed by atoms with E-state index in [-0.39, 0.29) is 36.2 Å². The Morgan fingerprint density at radius 3 is 2.46 bits per heavy atom. The lowest BCUT2D eigenvalue weighted by atomic mass is 9.88. The highest BCUT2D eigenvalue weighted by atomic mass is 19.1. The zero-order chi connectivity index (χ0) is 28.9. The minimum atomic E-state index is -0.370. The van der Waals surface area contributed by atoms with Crippen LogP contribution in [0.3, 0.4) is 0 Å². The number of amides is 1. The molecule has 0 radical (unpaired) electrons. The van der Waals surface area contributed by atoms with E-state index in [0.717, 1.165) is 30.8 Å². The van der Waals surface area contributed by atoms with E-state index in [1.165, 1.54) is 36.8 Å². The molecule has 2 atom stereocenters. The van der Waals surface area contributed by atoms with Gasteiger partial charge in [-0.2, -0.15) is 0 Å². The van der Waals surface area contributed by atoms with Crippen molar-refractivity contribution in [1.82, 2.24) is 10.6 Å². The fourth-order valence-electron chi connectivity index (χ4n) is 4.79. The van der Waals surface area contributed by atoms with E-state index in [9.17, 15) is 13.6 Å². The SMILES string of the molecule is CC(=O)NCCc1ccc(F)cc1OCCO[C@H]1CNCC[C@@H]1c1ccc(OCCCOc2cccc(F)c2)cc1. The van der Waals surface area contributed by atoms with Gasteiger partial charge in [-0.05, 0) is 60.8 Å². The molecule has 4 rings (SSSR count). The number of benzene rings is 3. The van der Waals surface area contributed by atoms with Gasteiger partial charge in [-0.25, -0.2) is 8.78 Å². The van der Waals surface area contributed by atoms with Crippen LogP contribution in [0.15, 0.2) is 66.7 Å². The summed E-state index contributed by atoms with van der Waals surface area (Å²) in [5.41, 5.74) is 2.02. The van der Waals surface area contributed by atoms with Gasteiger partial charge >= 0.3 is 0 Å². The molecule has 3 aromatic carbocycles. The monoisotopic (exact) mass is 568 g/mol. The fraction of sp³-hybridized carbons (Fsp3) is 0.406. The summed E-state index contributed by atoms with van der Waals surface area (Å²) in [6.07, 6.45) is 2.15. The van der Waals surface area contributed by atoms with Crippen LogP contribution in [0.5, 0.6) is 17.2 Å². The van der Waals surface area contributed by atoms with E-state index < -0.39 is 0 Å². The van der Waals surface area contributed by atoms with Crippen LogP contribution in [0.4, 0.5) is 8.78 Å². The average molecular weight is 569 g/mol. The molecule has 0 saturated carbocycles. The fourth-order valence-corrected chi connectivity index (χ4v) is 4.79. The highest BCUT2D eigenvalue weighted by Gasteiger charge is 2.27. The third-order valence-electron chi connectivity index (χ3n) is 6.83. The molecule has 1 heterocycles. The van der Waals surface area contributed by atoms with Crippen molar-refractivity contribution in [1.29, 1.82) is 0 Å². The highest BCUT2D eigenvalue weighted by Crippen LogP contribution is 2.29. The van der Waals surface area contributed by atoms with Gasteiger partial charge < -0.3 is 29.6 Å². The number of hydrogen-bond donors (Lipinski definition) is 2. The number of nitrogens with one attached hydrogen (secondary N) is 2. The van der Waals surface area contributed by atoms with Crippen LogP contribution in [-0.4, -0.2) is 58.1 Å². The molecule has 9 heteroatoms. The summed E-state index contributed by atoms with van der Waals surface area (Å²) in [5.74, 6) is 1.19. The van der Waals surface area contributed by atoms with Gasteiger partial charge in [0.15, 0.2) is 0 Å². The van der Waals surface area contributed by atoms with E-state index in [1.807, 2.05) is 12.1 Å². The lowest BCUT2D eigenvalue weighted by molar-refractivity contribution is -0.118. The summed E-state index contributed by atoms with van der Waals surface area (Å²) < 4.78 is 50.5. The van der Waals surface area contributed by atoms with Crippen molar-refractivity contribution in [3.05, 3.63) is 89.5 Å². The maximum Gasteiger partial charge on any atom is 0.216 e. The largest absolute Gasteiger partial charge is 0.493 e. The summed E-state index contributed by atoms with van der Waals surface area (Å²) in [6, 6.07) is 18.6. The smallest absolute Gasteiger partial charge is 0.216 e. The van der Waals surface area contributed by atoms with Crippen molar-refractivity contribution in [2.45, 2.75) is 38.2 Å². The molecular formula is C32H38F2N2O5. The Bertz CT molecular complexity index is 1240. The Morgan fingerprint density at radius 2 is 1.68 bits per heavy atom. The maximum absolute atomic E-state index is 13.8. The summed E-state index contributed by atoms with van der Waals surface area (Å²) >= 11 is 0. The molecule has 0 aromatic heterocycles. The number of piperidine rings is 1. The Morgan fingerprint density at radius 1 is 0.902 bits per heavy atom. The van der Waals surface area contributed by atoms with Crippen LogP contribution in [0.25, 0.3) is 0 Å². The Kier molecular flexibility index (Phi) is 11.8. The molecule has 1 fully saturated rings. The Balaban J connectivity index is 1.20. The van der Waals surface area contributed by atoms with E-state index >= 15 is 0 Å². The molecule has 1 aliphatic rings. The molecule has 0 aliphatic carbocycles. The molecule has 0 spiro atoms. The summed E-state index contributed by atoms with van der Waals surface area (Å²) in [6.45, 7) is 5.15. The Hall–Kier alpha value is -3.69. The van der Waals surface area contributed by atoms with Crippen LogP contribution in [0.2, 0.25) is 0 Å². The molecule has 41 heavy (non-hydrogen) atoms. The molecule has 1 saturated heterocycles. The van der Waals surface area contributed by atoms with Gasteiger partial charge in [0.25, 0.3) is 0 Å². The van der Waals surface area contributed by atoms with Gasteiger partial charge in [0.1, 0.15) is 35.5 Å². The van der Waals surface area contributed by atoms with Crippen LogP contribution >= 0.6 is 0 Å². The second-order valence-electron chi connectivity index (χ2n) is 9.92. The van der Waals surface area contributed by atoms with Crippen LogP contribution < -0.4 is 24.8 Å². The third-order valence-corrected chi connectivity index (χ3v) is 6.83. The van der Waals surface area contributed by atoms with Crippen molar-refractivity contribution in [2.75, 3.05) is 46.1 Å². The molecule has 3 aromatic rings. The number of carbonyl (C=O) groups is 1. The second kappa shape index (κ2) is 15.9. The van der Waals surface area contributed by atoms with Gasteiger partial charge in [0.2, 0.25) is 5.91 Å². The van der Waals surface area contributed by atoms with Crippen molar-refractivity contribution < 1.29 is 32.5 Å².